The topological polar surface area (TPSA) is 44.8 Å². The number of rotatable bonds is 9. The Morgan fingerprint density at radius 2 is 1.41 bits per heavy atom. The molecular weight excluding hydrogens is 601 g/mol. The van der Waals surface area contributed by atoms with Crippen molar-refractivity contribution in [3.8, 4) is 0 Å². The van der Waals surface area contributed by atoms with E-state index in [0.717, 1.165) is 25.7 Å². The minimum absolute atomic E-state index is 0.0175. The van der Waals surface area contributed by atoms with Crippen LogP contribution in [0.3, 0.4) is 0 Å². The Hall–Kier alpha value is -0.696. The standard InChI is InChI=1S/C40H72O4Si2/c1-29(37(41)42-28-30-17-14-13-15-18-30)35-22-23-36-32(19-16-24-40(35,36)8)21-20-31-25-33(43-45(9,10)38(2,3)4)27-34(26-31)44-46(11,12)39(5,6)7/h20-21,29-30,33-36H,13-19,22-28H2,1-12H3/b32-21+/t29-,33+,34+,35+,36-,40+/m0/s1. The number of carbonyl (C=O) groups excluding carboxylic acids is 1. The maximum absolute atomic E-state index is 13.3. The maximum atomic E-state index is 13.3. The third-order valence-electron chi connectivity index (χ3n) is 13.8. The summed E-state index contributed by atoms with van der Waals surface area (Å²) in [6.07, 6.45) is 20.8. The highest BCUT2D eigenvalue weighted by Gasteiger charge is 2.52. The number of allylic oxidation sites excluding steroid dienone is 3. The van der Waals surface area contributed by atoms with Crippen molar-refractivity contribution in [3.63, 3.8) is 0 Å². The zero-order valence-electron chi connectivity index (χ0n) is 32.2. The van der Waals surface area contributed by atoms with E-state index >= 15 is 0 Å². The summed E-state index contributed by atoms with van der Waals surface area (Å²) in [5, 5.41) is 0.383. The molecule has 0 radical (unpaired) electrons. The highest BCUT2D eigenvalue weighted by Crippen LogP contribution is 2.59. The number of hydrogen-bond donors (Lipinski definition) is 0. The van der Waals surface area contributed by atoms with Crippen LogP contribution in [0, 0.1) is 29.1 Å². The molecule has 6 heteroatoms. The van der Waals surface area contributed by atoms with E-state index in [1.807, 2.05) is 0 Å². The second kappa shape index (κ2) is 14.7. The molecule has 0 aromatic carbocycles. The zero-order valence-corrected chi connectivity index (χ0v) is 34.2. The predicted molar refractivity (Wildman–Crippen MR) is 199 cm³/mol. The van der Waals surface area contributed by atoms with Crippen molar-refractivity contribution >= 4 is 22.6 Å². The summed E-state index contributed by atoms with van der Waals surface area (Å²) >= 11 is 0. The Labute approximate surface area is 286 Å². The summed E-state index contributed by atoms with van der Waals surface area (Å²) in [6, 6.07) is 0. The molecule has 4 nitrogen and oxygen atoms in total. The van der Waals surface area contributed by atoms with Crippen molar-refractivity contribution in [2.75, 3.05) is 6.61 Å². The van der Waals surface area contributed by atoms with Gasteiger partial charge in [-0.15, -0.1) is 0 Å². The molecule has 46 heavy (non-hydrogen) atoms. The molecule has 0 bridgehead atoms. The fraction of sp³-hybridized carbons (Fsp3) is 0.875. The van der Waals surface area contributed by atoms with Gasteiger partial charge >= 0.3 is 5.97 Å². The molecule has 0 aliphatic heterocycles. The van der Waals surface area contributed by atoms with Gasteiger partial charge in [-0.1, -0.05) is 98.0 Å². The van der Waals surface area contributed by atoms with Crippen LogP contribution in [0.15, 0.2) is 23.3 Å². The molecule has 4 aliphatic carbocycles. The second-order valence-corrected chi connectivity index (χ2v) is 28.7. The van der Waals surface area contributed by atoms with Gasteiger partial charge in [0.25, 0.3) is 0 Å². The van der Waals surface area contributed by atoms with Crippen molar-refractivity contribution in [2.24, 2.45) is 29.1 Å². The third-order valence-corrected chi connectivity index (χ3v) is 22.8. The summed E-state index contributed by atoms with van der Waals surface area (Å²) < 4.78 is 20.1. The molecule has 6 atom stereocenters. The Balaban J connectivity index is 1.49. The first-order valence-electron chi connectivity index (χ1n) is 19.1. The van der Waals surface area contributed by atoms with Gasteiger partial charge in [-0.05, 0) is 124 Å². The summed E-state index contributed by atoms with van der Waals surface area (Å²) in [5.41, 5.74) is 3.29. The van der Waals surface area contributed by atoms with Crippen LogP contribution in [0.2, 0.25) is 36.3 Å². The minimum atomic E-state index is -1.90. The zero-order chi connectivity index (χ0) is 34.1. The molecule has 264 valence electrons. The Kier molecular flexibility index (Phi) is 12.1. The van der Waals surface area contributed by atoms with Gasteiger partial charge in [0.1, 0.15) is 0 Å². The predicted octanol–water partition coefficient (Wildman–Crippen LogP) is 11.8. The van der Waals surface area contributed by atoms with Crippen LogP contribution in [0.4, 0.5) is 0 Å². The highest BCUT2D eigenvalue weighted by atomic mass is 28.4. The molecule has 4 rings (SSSR count). The number of carbonyl (C=O) groups is 1. The Morgan fingerprint density at radius 3 is 1.96 bits per heavy atom. The van der Waals surface area contributed by atoms with E-state index in [-0.39, 0.29) is 39.6 Å². The fourth-order valence-corrected chi connectivity index (χ4v) is 11.5. The fourth-order valence-electron chi connectivity index (χ4n) is 8.81. The molecule has 0 saturated heterocycles. The van der Waals surface area contributed by atoms with Crippen LogP contribution in [0.25, 0.3) is 0 Å². The molecule has 4 fully saturated rings. The normalized spacial score (nSPS) is 31.9. The van der Waals surface area contributed by atoms with Crippen molar-refractivity contribution in [2.45, 2.75) is 187 Å². The summed E-state index contributed by atoms with van der Waals surface area (Å²) in [7, 11) is -3.80. The van der Waals surface area contributed by atoms with Crippen LogP contribution >= 0.6 is 0 Å². The summed E-state index contributed by atoms with van der Waals surface area (Å²) in [4.78, 5) is 13.3. The van der Waals surface area contributed by atoms with Gasteiger partial charge in [0.2, 0.25) is 0 Å². The summed E-state index contributed by atoms with van der Waals surface area (Å²) in [6.45, 7) is 28.9. The Morgan fingerprint density at radius 1 is 0.848 bits per heavy atom. The van der Waals surface area contributed by atoms with Gasteiger partial charge in [0.05, 0.1) is 24.7 Å². The van der Waals surface area contributed by atoms with Crippen LogP contribution in [-0.4, -0.2) is 41.4 Å². The number of hydrogen-bond acceptors (Lipinski definition) is 4. The van der Waals surface area contributed by atoms with Gasteiger partial charge in [-0.3, -0.25) is 4.79 Å². The van der Waals surface area contributed by atoms with Gasteiger partial charge in [0.15, 0.2) is 16.6 Å². The average molecular weight is 673 g/mol. The lowest BCUT2D eigenvalue weighted by molar-refractivity contribution is -0.153. The first kappa shape index (κ1) is 38.1. The quantitative estimate of drug-likeness (QED) is 0.181. The number of esters is 1. The van der Waals surface area contributed by atoms with Gasteiger partial charge in [0, 0.05) is 0 Å². The van der Waals surface area contributed by atoms with Crippen molar-refractivity contribution in [1.29, 1.82) is 0 Å². The SMILES string of the molecule is C[C@H](C(=O)OCC1CCCCC1)[C@H]1CC[C@H]2/C(=C/C=C3C[C@@H](O[Si](C)(C)C(C)(C)C)C[C@H](O[Si](C)(C)C(C)(C)C)C3)CCC[C@]12C. The average Bonchev–Trinajstić information content (AvgIpc) is 3.30. The van der Waals surface area contributed by atoms with E-state index in [1.54, 1.807) is 5.57 Å². The third kappa shape index (κ3) is 8.90. The monoisotopic (exact) mass is 672 g/mol. The molecule has 0 N–H and O–H groups in total. The lowest BCUT2D eigenvalue weighted by Gasteiger charge is -2.45. The lowest BCUT2D eigenvalue weighted by atomic mass is 9.61. The largest absolute Gasteiger partial charge is 0.465 e. The smallest absolute Gasteiger partial charge is 0.308 e. The molecule has 4 saturated carbocycles. The van der Waals surface area contributed by atoms with E-state index in [0.29, 0.717) is 24.4 Å². The van der Waals surface area contributed by atoms with Crippen LogP contribution in [-0.2, 0) is 18.4 Å². The van der Waals surface area contributed by atoms with Gasteiger partial charge in [-0.25, -0.2) is 0 Å². The number of fused-ring (bicyclic) bond motifs is 1. The maximum Gasteiger partial charge on any atom is 0.308 e. The molecule has 0 unspecified atom stereocenters. The van der Waals surface area contributed by atoms with E-state index in [2.05, 4.69) is 93.7 Å². The molecule has 0 spiro atoms. The van der Waals surface area contributed by atoms with Crippen LogP contribution in [0.5, 0.6) is 0 Å². The molecule has 4 aliphatic rings. The lowest BCUT2D eigenvalue weighted by Crippen LogP contribution is -2.48. The van der Waals surface area contributed by atoms with Crippen LogP contribution < -0.4 is 0 Å². The molecular formula is C40H72O4Si2. The minimum Gasteiger partial charge on any atom is -0.465 e. The van der Waals surface area contributed by atoms with Crippen LogP contribution in [0.1, 0.15) is 139 Å². The Bertz CT molecular complexity index is 1070. The van der Waals surface area contributed by atoms with E-state index in [9.17, 15) is 4.79 Å². The first-order chi connectivity index (χ1) is 21.2. The van der Waals surface area contributed by atoms with E-state index in [4.69, 9.17) is 13.6 Å². The van der Waals surface area contributed by atoms with Crippen molar-refractivity contribution < 1.29 is 18.4 Å². The molecule has 0 heterocycles. The van der Waals surface area contributed by atoms with E-state index < -0.39 is 16.6 Å². The first-order valence-corrected chi connectivity index (χ1v) is 25.0. The second-order valence-electron chi connectivity index (χ2n) is 19.2. The molecule has 0 amide bonds. The van der Waals surface area contributed by atoms with Crippen molar-refractivity contribution in [1.82, 2.24) is 0 Å². The van der Waals surface area contributed by atoms with Gasteiger partial charge in [-0.2, -0.15) is 0 Å². The molecule has 0 aromatic rings. The van der Waals surface area contributed by atoms with E-state index in [1.165, 1.54) is 63.4 Å². The number of ether oxygens (including phenoxy) is 1. The van der Waals surface area contributed by atoms with Gasteiger partial charge < -0.3 is 13.6 Å². The highest BCUT2D eigenvalue weighted by molar-refractivity contribution is 6.74. The molecule has 0 aromatic heterocycles. The van der Waals surface area contributed by atoms with Crippen molar-refractivity contribution in [3.05, 3.63) is 23.3 Å². The summed E-state index contributed by atoms with van der Waals surface area (Å²) in [5.74, 6) is 1.59.